The van der Waals surface area contributed by atoms with Crippen LogP contribution in [-0.4, -0.2) is 37.1 Å². The minimum atomic E-state index is -3.71. The van der Waals surface area contributed by atoms with Gasteiger partial charge in [0, 0.05) is 25.9 Å². The summed E-state index contributed by atoms with van der Waals surface area (Å²) in [6.07, 6.45) is 0.560. The third kappa shape index (κ3) is 5.53. The highest BCUT2D eigenvalue weighted by atomic mass is 32.2. The third-order valence-corrected chi connectivity index (χ3v) is 6.16. The molecule has 9 heteroatoms. The average molecular weight is 384 g/mol. The van der Waals surface area contributed by atoms with Crippen LogP contribution < -0.4 is 9.44 Å². The van der Waals surface area contributed by atoms with Crippen LogP contribution in [0.2, 0.25) is 0 Å². The number of benzene rings is 2. The highest BCUT2D eigenvalue weighted by Gasteiger charge is 2.16. The molecule has 0 aliphatic carbocycles. The van der Waals surface area contributed by atoms with Crippen LogP contribution >= 0.6 is 0 Å². The van der Waals surface area contributed by atoms with Crippen molar-refractivity contribution in [2.75, 3.05) is 25.0 Å². The maximum Gasteiger partial charge on any atom is 0.261 e. The number of rotatable bonds is 9. The summed E-state index contributed by atoms with van der Waals surface area (Å²) in [7, 11) is -5.80. The van der Waals surface area contributed by atoms with E-state index in [4.69, 9.17) is 4.74 Å². The molecule has 0 unspecified atom stereocenters. The number of methoxy groups -OCH3 is 1. The smallest absolute Gasteiger partial charge is 0.261 e. The average Bonchev–Trinajstić information content (AvgIpc) is 2.60. The second kappa shape index (κ2) is 8.43. The molecule has 0 saturated heterocycles. The molecule has 2 rings (SSSR count). The van der Waals surface area contributed by atoms with Gasteiger partial charge in [-0.3, -0.25) is 4.72 Å². The van der Waals surface area contributed by atoms with Gasteiger partial charge in [-0.15, -0.1) is 0 Å². The van der Waals surface area contributed by atoms with Crippen LogP contribution in [0.4, 0.5) is 5.69 Å². The zero-order valence-electron chi connectivity index (χ0n) is 13.7. The molecule has 2 aromatic rings. The first-order chi connectivity index (χ1) is 11.8. The molecule has 0 amide bonds. The lowest BCUT2D eigenvalue weighted by molar-refractivity contribution is 0.196. The Hall–Kier alpha value is -1.94. The van der Waals surface area contributed by atoms with Crippen LogP contribution in [-0.2, 0) is 24.8 Å². The van der Waals surface area contributed by atoms with E-state index < -0.39 is 20.0 Å². The molecule has 0 spiro atoms. The lowest BCUT2D eigenvalue weighted by Crippen LogP contribution is -2.25. The molecule has 136 valence electrons. The topological polar surface area (TPSA) is 102 Å². The van der Waals surface area contributed by atoms with Crippen molar-refractivity contribution in [1.82, 2.24) is 4.72 Å². The van der Waals surface area contributed by atoms with Gasteiger partial charge in [0.2, 0.25) is 10.0 Å². The Morgan fingerprint density at radius 3 is 2.04 bits per heavy atom. The summed E-state index contributed by atoms with van der Waals surface area (Å²) < 4.78 is 58.4. The predicted molar refractivity (Wildman–Crippen MR) is 95.4 cm³/mol. The van der Waals surface area contributed by atoms with Gasteiger partial charge in [-0.05, 0) is 42.8 Å². The quantitative estimate of drug-likeness (QED) is 0.642. The van der Waals surface area contributed by atoms with Gasteiger partial charge in [-0.25, -0.2) is 21.6 Å². The molecule has 0 aromatic heterocycles. The van der Waals surface area contributed by atoms with Crippen molar-refractivity contribution in [3.8, 4) is 0 Å². The molecule has 0 bridgehead atoms. The third-order valence-electron chi connectivity index (χ3n) is 3.29. The minimum absolute atomic E-state index is 0.0626. The molecule has 0 aliphatic heterocycles. The van der Waals surface area contributed by atoms with Crippen molar-refractivity contribution in [1.29, 1.82) is 0 Å². The summed E-state index contributed by atoms with van der Waals surface area (Å²) in [5.41, 5.74) is 0.280. The monoisotopic (exact) mass is 384 g/mol. The standard InChI is InChI=1S/C16H20N2O5S2/c1-23-13-5-12-17-24(19,20)16-10-8-14(9-11-16)18-25(21,22)15-6-3-2-4-7-15/h2-4,6-11,17-18H,5,12-13H2,1H3. The second-order valence-corrected chi connectivity index (χ2v) is 8.64. The predicted octanol–water partition coefficient (Wildman–Crippen LogP) is 1.80. The van der Waals surface area contributed by atoms with E-state index in [1.54, 1.807) is 25.3 Å². The number of nitrogens with one attached hydrogen (secondary N) is 2. The van der Waals surface area contributed by atoms with Gasteiger partial charge >= 0.3 is 0 Å². The fourth-order valence-corrected chi connectivity index (χ4v) is 4.18. The second-order valence-electron chi connectivity index (χ2n) is 5.19. The Bertz CT molecular complexity index is 880. The maximum absolute atomic E-state index is 12.2. The number of hydrogen-bond donors (Lipinski definition) is 2. The lowest BCUT2D eigenvalue weighted by Gasteiger charge is -2.10. The molecule has 0 saturated carbocycles. The minimum Gasteiger partial charge on any atom is -0.385 e. The molecule has 0 fully saturated rings. The van der Waals surface area contributed by atoms with Crippen molar-refractivity contribution in [2.24, 2.45) is 0 Å². The van der Waals surface area contributed by atoms with Gasteiger partial charge in [0.15, 0.2) is 0 Å². The van der Waals surface area contributed by atoms with E-state index >= 15 is 0 Å². The normalized spacial score (nSPS) is 12.0. The highest BCUT2D eigenvalue weighted by molar-refractivity contribution is 7.92. The number of hydrogen-bond acceptors (Lipinski definition) is 5. The Labute approximate surface area is 148 Å². The molecule has 25 heavy (non-hydrogen) atoms. The zero-order chi connectivity index (χ0) is 18.3. The van der Waals surface area contributed by atoms with Gasteiger partial charge in [0.25, 0.3) is 10.0 Å². The Morgan fingerprint density at radius 2 is 1.44 bits per heavy atom. The number of anilines is 1. The Balaban J connectivity index is 2.07. The van der Waals surface area contributed by atoms with Gasteiger partial charge < -0.3 is 4.74 Å². The van der Waals surface area contributed by atoms with Crippen LogP contribution in [0.15, 0.2) is 64.4 Å². The van der Waals surface area contributed by atoms with Crippen LogP contribution in [0.3, 0.4) is 0 Å². The summed E-state index contributed by atoms with van der Waals surface area (Å²) in [4.78, 5) is 0.194. The van der Waals surface area contributed by atoms with Gasteiger partial charge in [0.1, 0.15) is 0 Å². The fourth-order valence-electron chi connectivity index (χ4n) is 2.02. The first kappa shape index (κ1) is 19.4. The molecule has 2 aromatic carbocycles. The summed E-state index contributed by atoms with van der Waals surface area (Å²) in [5.74, 6) is 0. The van der Waals surface area contributed by atoms with Crippen molar-refractivity contribution < 1.29 is 21.6 Å². The van der Waals surface area contributed by atoms with E-state index in [1.165, 1.54) is 36.4 Å². The van der Waals surface area contributed by atoms with E-state index in [9.17, 15) is 16.8 Å². The number of sulfonamides is 2. The summed E-state index contributed by atoms with van der Waals surface area (Å²) in [5, 5.41) is 0. The molecule has 7 nitrogen and oxygen atoms in total. The SMILES string of the molecule is COCCCNS(=O)(=O)c1ccc(NS(=O)(=O)c2ccccc2)cc1. The van der Waals surface area contributed by atoms with Crippen LogP contribution in [0.1, 0.15) is 6.42 Å². The van der Waals surface area contributed by atoms with Crippen molar-refractivity contribution in [2.45, 2.75) is 16.2 Å². The van der Waals surface area contributed by atoms with E-state index in [-0.39, 0.29) is 22.0 Å². The van der Waals surface area contributed by atoms with Gasteiger partial charge in [-0.2, -0.15) is 0 Å². The largest absolute Gasteiger partial charge is 0.385 e. The van der Waals surface area contributed by atoms with Gasteiger partial charge in [0.05, 0.1) is 9.79 Å². The Morgan fingerprint density at radius 1 is 0.840 bits per heavy atom. The van der Waals surface area contributed by atoms with Crippen molar-refractivity contribution in [3.05, 3.63) is 54.6 Å². The maximum atomic E-state index is 12.2. The molecule has 0 atom stereocenters. The summed E-state index contributed by atoms with van der Waals surface area (Å²) in [6.45, 7) is 0.723. The van der Waals surface area contributed by atoms with Crippen LogP contribution in [0.5, 0.6) is 0 Å². The summed E-state index contributed by atoms with van der Waals surface area (Å²) >= 11 is 0. The van der Waals surface area contributed by atoms with Gasteiger partial charge in [-0.1, -0.05) is 18.2 Å². The molecule has 0 aliphatic rings. The molecule has 0 heterocycles. The summed E-state index contributed by atoms with van der Waals surface area (Å²) in [6, 6.07) is 13.4. The molecule has 0 radical (unpaired) electrons. The lowest BCUT2D eigenvalue weighted by atomic mass is 10.3. The molecular formula is C16H20N2O5S2. The van der Waals surface area contributed by atoms with Crippen LogP contribution in [0, 0.1) is 0 Å². The highest BCUT2D eigenvalue weighted by Crippen LogP contribution is 2.18. The molecular weight excluding hydrogens is 364 g/mol. The molecule has 2 N–H and O–H groups in total. The fraction of sp³-hybridized carbons (Fsp3) is 0.250. The van der Waals surface area contributed by atoms with Crippen molar-refractivity contribution in [3.63, 3.8) is 0 Å². The van der Waals surface area contributed by atoms with E-state index in [2.05, 4.69) is 9.44 Å². The zero-order valence-corrected chi connectivity index (χ0v) is 15.3. The Kier molecular flexibility index (Phi) is 6.54. The van der Waals surface area contributed by atoms with E-state index in [0.29, 0.717) is 13.0 Å². The van der Waals surface area contributed by atoms with Crippen molar-refractivity contribution >= 4 is 25.7 Å². The first-order valence-electron chi connectivity index (χ1n) is 7.52. The van der Waals surface area contributed by atoms with E-state index in [1.807, 2.05) is 0 Å². The van der Waals surface area contributed by atoms with Crippen LogP contribution in [0.25, 0.3) is 0 Å². The first-order valence-corrected chi connectivity index (χ1v) is 10.5. The number of ether oxygens (including phenoxy) is 1. The van der Waals surface area contributed by atoms with E-state index in [0.717, 1.165) is 0 Å².